The largest absolute Gasteiger partial charge is 0.504 e. The summed E-state index contributed by atoms with van der Waals surface area (Å²) in [7, 11) is 0. The van der Waals surface area contributed by atoms with Crippen LogP contribution in [-0.2, 0) is 5.54 Å². The van der Waals surface area contributed by atoms with E-state index in [1.54, 1.807) is 6.07 Å². The average molecular weight is 313 g/mol. The lowest BCUT2D eigenvalue weighted by molar-refractivity contribution is 0.358. The van der Waals surface area contributed by atoms with Crippen LogP contribution in [0.2, 0.25) is 0 Å². The molecule has 122 valence electrons. The molecule has 1 heterocycles. The lowest BCUT2D eigenvalue weighted by Crippen LogP contribution is -2.24. The van der Waals surface area contributed by atoms with Gasteiger partial charge in [-0.25, -0.2) is 9.67 Å². The number of phenols is 2. The highest BCUT2D eigenvalue weighted by Crippen LogP contribution is 2.32. The normalized spacial score (nSPS) is 13.0. The average Bonchev–Trinajstić information content (AvgIpc) is 2.92. The summed E-state index contributed by atoms with van der Waals surface area (Å²) in [5, 5.41) is 23.9. The summed E-state index contributed by atoms with van der Waals surface area (Å²) in [4.78, 5) is 4.65. The molecule has 0 aliphatic heterocycles. The molecule has 0 fully saturated rings. The molecule has 0 saturated carbocycles. The minimum absolute atomic E-state index is 0.154. The van der Waals surface area contributed by atoms with Crippen molar-refractivity contribution in [3.8, 4) is 22.9 Å². The number of hydrogen-bond acceptors (Lipinski definition) is 4. The Balaban J connectivity index is 2.66. The number of hydrogen-bond donors (Lipinski definition) is 2. The summed E-state index contributed by atoms with van der Waals surface area (Å²) < 4.78 is 1.83. The van der Waals surface area contributed by atoms with Gasteiger partial charge in [0.2, 0.25) is 0 Å². The van der Waals surface area contributed by atoms with Crippen molar-refractivity contribution in [1.29, 1.82) is 0 Å². The van der Waals surface area contributed by atoms with Gasteiger partial charge in [0, 0.05) is 11.1 Å². The zero-order valence-electron chi connectivity index (χ0n) is 14.2. The Morgan fingerprint density at radius 2 is 1.83 bits per heavy atom. The maximum Gasteiger partial charge on any atom is 0.181 e. The second kappa shape index (κ2) is 6.28. The van der Waals surface area contributed by atoms with Crippen LogP contribution < -0.4 is 0 Å². The highest BCUT2D eigenvalue weighted by Gasteiger charge is 2.23. The molecule has 1 aromatic carbocycles. The van der Waals surface area contributed by atoms with E-state index < -0.39 is 0 Å². The van der Waals surface area contributed by atoms with Gasteiger partial charge < -0.3 is 10.2 Å². The van der Waals surface area contributed by atoms with Crippen LogP contribution in [0.5, 0.6) is 11.5 Å². The van der Waals surface area contributed by atoms with Crippen molar-refractivity contribution in [2.75, 3.05) is 0 Å². The van der Waals surface area contributed by atoms with Gasteiger partial charge in [-0.05, 0) is 52.8 Å². The van der Waals surface area contributed by atoms with Gasteiger partial charge >= 0.3 is 0 Å². The first kappa shape index (κ1) is 16.8. The first-order chi connectivity index (χ1) is 10.8. The van der Waals surface area contributed by atoms with E-state index >= 15 is 0 Å². The van der Waals surface area contributed by atoms with Crippen molar-refractivity contribution in [3.05, 3.63) is 42.3 Å². The van der Waals surface area contributed by atoms with E-state index in [0.29, 0.717) is 17.2 Å². The molecule has 0 aliphatic rings. The van der Waals surface area contributed by atoms with E-state index in [2.05, 4.69) is 10.1 Å². The number of nitrogens with zero attached hydrogens (tertiary/aromatic N) is 3. The minimum Gasteiger partial charge on any atom is -0.504 e. The van der Waals surface area contributed by atoms with E-state index in [0.717, 1.165) is 5.57 Å². The molecular formula is C18H23N3O2. The SMILES string of the molecule is CC=CC(=CC)c1nc(-c2ccc(O)c(O)c2)n(C(C)(C)C)n1. The van der Waals surface area contributed by atoms with Crippen LogP contribution >= 0.6 is 0 Å². The molecule has 1 aromatic heterocycles. The summed E-state index contributed by atoms with van der Waals surface area (Å²) >= 11 is 0. The molecule has 23 heavy (non-hydrogen) atoms. The molecule has 2 rings (SSSR count). The molecular weight excluding hydrogens is 290 g/mol. The molecule has 5 heteroatoms. The van der Waals surface area contributed by atoms with Gasteiger partial charge in [0.05, 0.1) is 5.54 Å². The quantitative estimate of drug-likeness (QED) is 0.661. The number of benzene rings is 1. The van der Waals surface area contributed by atoms with Crippen LogP contribution in [0, 0.1) is 0 Å². The van der Waals surface area contributed by atoms with E-state index in [-0.39, 0.29) is 17.0 Å². The third kappa shape index (κ3) is 3.44. The third-order valence-corrected chi connectivity index (χ3v) is 3.39. The smallest absolute Gasteiger partial charge is 0.181 e. The molecule has 0 atom stereocenters. The monoisotopic (exact) mass is 313 g/mol. The molecule has 2 N–H and O–H groups in total. The van der Waals surface area contributed by atoms with E-state index in [1.807, 2.05) is 57.5 Å². The fourth-order valence-electron chi connectivity index (χ4n) is 2.23. The van der Waals surface area contributed by atoms with Crippen molar-refractivity contribution in [1.82, 2.24) is 14.8 Å². The number of rotatable bonds is 3. The van der Waals surface area contributed by atoms with E-state index in [4.69, 9.17) is 0 Å². The van der Waals surface area contributed by atoms with Gasteiger partial charge in [0.15, 0.2) is 23.1 Å². The van der Waals surface area contributed by atoms with Gasteiger partial charge in [-0.15, -0.1) is 5.10 Å². The molecule has 0 amide bonds. The molecule has 0 saturated heterocycles. The van der Waals surface area contributed by atoms with Gasteiger partial charge in [-0.2, -0.15) is 0 Å². The fraction of sp³-hybridized carbons (Fsp3) is 0.333. The number of phenolic OH excluding ortho intramolecular Hbond substituents is 2. The molecule has 2 aromatic rings. The molecule has 0 radical (unpaired) electrons. The van der Waals surface area contributed by atoms with Crippen LogP contribution in [0.1, 0.15) is 40.4 Å². The maximum atomic E-state index is 9.77. The van der Waals surface area contributed by atoms with Crippen LogP contribution in [0.15, 0.2) is 36.4 Å². The molecule has 0 bridgehead atoms. The van der Waals surface area contributed by atoms with Crippen molar-refractivity contribution < 1.29 is 10.2 Å². The van der Waals surface area contributed by atoms with Crippen LogP contribution in [-0.4, -0.2) is 25.0 Å². The first-order valence-corrected chi connectivity index (χ1v) is 7.57. The third-order valence-electron chi connectivity index (χ3n) is 3.39. The summed E-state index contributed by atoms with van der Waals surface area (Å²) in [5.74, 6) is 0.945. The second-order valence-corrected chi connectivity index (χ2v) is 6.29. The molecule has 5 nitrogen and oxygen atoms in total. The zero-order valence-corrected chi connectivity index (χ0v) is 14.2. The maximum absolute atomic E-state index is 9.77. The molecule has 0 spiro atoms. The Morgan fingerprint density at radius 1 is 1.13 bits per heavy atom. The summed E-state index contributed by atoms with van der Waals surface area (Å²) in [5.41, 5.74) is 1.35. The standard InChI is InChI=1S/C18H23N3O2/c1-6-8-12(7-2)16-19-17(21(20-16)18(3,4)5)13-9-10-14(22)15(23)11-13/h6-11,22-23H,1-5H3. The fourth-order valence-corrected chi connectivity index (χ4v) is 2.23. The lowest BCUT2D eigenvalue weighted by Gasteiger charge is -2.21. The Morgan fingerprint density at radius 3 is 2.35 bits per heavy atom. The lowest BCUT2D eigenvalue weighted by atomic mass is 10.1. The Labute approximate surface area is 136 Å². The van der Waals surface area contributed by atoms with Gasteiger partial charge in [0.1, 0.15) is 0 Å². The number of allylic oxidation sites excluding steroid dienone is 4. The van der Waals surface area contributed by atoms with E-state index in [1.165, 1.54) is 12.1 Å². The second-order valence-electron chi connectivity index (χ2n) is 6.29. The summed E-state index contributed by atoms with van der Waals surface area (Å²) in [6, 6.07) is 4.67. The first-order valence-electron chi connectivity index (χ1n) is 7.57. The molecule has 0 aliphatic carbocycles. The Bertz CT molecular complexity index is 765. The Hall–Kier alpha value is -2.56. The Kier molecular flexibility index (Phi) is 4.59. The van der Waals surface area contributed by atoms with Crippen molar-refractivity contribution in [2.45, 2.75) is 40.2 Å². The summed E-state index contributed by atoms with van der Waals surface area (Å²) in [6.45, 7) is 10.0. The summed E-state index contributed by atoms with van der Waals surface area (Å²) in [6.07, 6.45) is 5.86. The predicted molar refractivity (Wildman–Crippen MR) is 92.2 cm³/mol. The minimum atomic E-state index is -0.275. The van der Waals surface area contributed by atoms with Crippen molar-refractivity contribution in [2.24, 2.45) is 0 Å². The van der Waals surface area contributed by atoms with Crippen molar-refractivity contribution >= 4 is 5.57 Å². The van der Waals surface area contributed by atoms with Crippen LogP contribution in [0.25, 0.3) is 17.0 Å². The highest BCUT2D eigenvalue weighted by atomic mass is 16.3. The number of aromatic nitrogens is 3. The molecule has 0 unspecified atom stereocenters. The van der Waals surface area contributed by atoms with Crippen molar-refractivity contribution in [3.63, 3.8) is 0 Å². The predicted octanol–water partition coefficient (Wildman–Crippen LogP) is 4.09. The zero-order chi connectivity index (χ0) is 17.2. The van der Waals surface area contributed by atoms with Crippen LogP contribution in [0.3, 0.4) is 0 Å². The van der Waals surface area contributed by atoms with Gasteiger partial charge in [-0.3, -0.25) is 0 Å². The van der Waals surface area contributed by atoms with E-state index in [9.17, 15) is 10.2 Å². The topological polar surface area (TPSA) is 71.2 Å². The van der Waals surface area contributed by atoms with Gasteiger partial charge in [-0.1, -0.05) is 18.2 Å². The van der Waals surface area contributed by atoms with Gasteiger partial charge in [0.25, 0.3) is 0 Å². The number of aromatic hydroxyl groups is 2. The van der Waals surface area contributed by atoms with Crippen LogP contribution in [0.4, 0.5) is 0 Å². The highest BCUT2D eigenvalue weighted by molar-refractivity contribution is 5.71.